The first-order valence-corrected chi connectivity index (χ1v) is 11.6. The van der Waals surface area contributed by atoms with Gasteiger partial charge < -0.3 is 14.7 Å². The van der Waals surface area contributed by atoms with Crippen LogP contribution >= 0.6 is 0 Å². The molecule has 0 radical (unpaired) electrons. The Labute approximate surface area is 197 Å². The normalized spacial score (nSPS) is 14.8. The fourth-order valence-electron chi connectivity index (χ4n) is 4.29. The number of ketones is 1. The van der Waals surface area contributed by atoms with Crippen LogP contribution < -0.4 is 4.90 Å². The molecule has 3 aromatic rings. The van der Waals surface area contributed by atoms with Gasteiger partial charge in [0.05, 0.1) is 0 Å². The van der Waals surface area contributed by atoms with E-state index < -0.39 is 0 Å². The average Bonchev–Trinajstić information content (AvgIpc) is 2.83. The van der Waals surface area contributed by atoms with Crippen LogP contribution in [0.5, 0.6) is 0 Å². The zero-order chi connectivity index (χ0) is 23.2. The van der Waals surface area contributed by atoms with Crippen LogP contribution in [0.25, 0.3) is 17.2 Å². The molecule has 0 aromatic heterocycles. The van der Waals surface area contributed by atoms with Gasteiger partial charge in [-0.15, -0.1) is 0 Å². The van der Waals surface area contributed by atoms with Crippen molar-refractivity contribution in [2.45, 2.75) is 6.54 Å². The van der Waals surface area contributed by atoms with E-state index in [0.29, 0.717) is 0 Å². The van der Waals surface area contributed by atoms with Crippen LogP contribution in [0.15, 0.2) is 78.9 Å². The van der Waals surface area contributed by atoms with Crippen LogP contribution in [-0.2, 0) is 6.54 Å². The Morgan fingerprint density at radius 3 is 2.39 bits per heavy atom. The van der Waals surface area contributed by atoms with Crippen molar-refractivity contribution >= 4 is 17.5 Å². The highest BCUT2D eigenvalue weighted by molar-refractivity contribution is 6.11. The van der Waals surface area contributed by atoms with Gasteiger partial charge in [0.1, 0.15) is 0 Å². The molecule has 4 nitrogen and oxygen atoms in total. The fourth-order valence-corrected chi connectivity index (χ4v) is 4.29. The molecule has 1 aliphatic rings. The summed E-state index contributed by atoms with van der Waals surface area (Å²) in [5.41, 5.74) is 6.18. The summed E-state index contributed by atoms with van der Waals surface area (Å²) in [6.07, 6.45) is 3.64. The standard InChI is InChI=1S/C29H33N3O/c1-30(2)22-24-9-7-8-23(20-24)12-15-29(33)28-21-26(32-18-16-31(3)17-19-32)13-14-27(28)25-10-5-4-6-11-25/h4-15,20-21H,16-19,22H2,1-3H3/b15-12+. The Hall–Kier alpha value is -3.21. The smallest absolute Gasteiger partial charge is 0.186 e. The highest BCUT2D eigenvalue weighted by Crippen LogP contribution is 2.29. The van der Waals surface area contributed by atoms with Gasteiger partial charge in [-0.1, -0.05) is 66.7 Å². The first kappa shape index (κ1) is 23.0. The zero-order valence-electron chi connectivity index (χ0n) is 19.9. The maximum Gasteiger partial charge on any atom is 0.186 e. The van der Waals surface area contributed by atoms with Gasteiger partial charge in [-0.25, -0.2) is 0 Å². The van der Waals surface area contributed by atoms with E-state index in [-0.39, 0.29) is 5.78 Å². The molecule has 0 unspecified atom stereocenters. The number of likely N-dealkylation sites (N-methyl/N-ethyl adjacent to an activating group) is 1. The Kier molecular flexibility index (Phi) is 7.38. The van der Waals surface area contributed by atoms with Gasteiger partial charge in [0.15, 0.2) is 5.78 Å². The van der Waals surface area contributed by atoms with Crippen LogP contribution in [0.3, 0.4) is 0 Å². The minimum Gasteiger partial charge on any atom is -0.369 e. The summed E-state index contributed by atoms with van der Waals surface area (Å²) < 4.78 is 0. The highest BCUT2D eigenvalue weighted by atomic mass is 16.1. The van der Waals surface area contributed by atoms with Crippen molar-refractivity contribution in [2.24, 2.45) is 0 Å². The van der Waals surface area contributed by atoms with Crippen molar-refractivity contribution in [3.05, 3.63) is 95.6 Å². The molecule has 0 spiro atoms. The summed E-state index contributed by atoms with van der Waals surface area (Å²) in [6, 6.07) is 24.8. The van der Waals surface area contributed by atoms with E-state index in [1.807, 2.05) is 36.4 Å². The molecule has 0 bridgehead atoms. The van der Waals surface area contributed by atoms with Crippen molar-refractivity contribution in [1.29, 1.82) is 0 Å². The summed E-state index contributed by atoms with van der Waals surface area (Å²) >= 11 is 0. The molecule has 3 aromatic carbocycles. The van der Waals surface area contributed by atoms with E-state index in [1.54, 1.807) is 6.08 Å². The van der Waals surface area contributed by atoms with Crippen molar-refractivity contribution in [2.75, 3.05) is 52.2 Å². The Balaban J connectivity index is 1.64. The second-order valence-electron chi connectivity index (χ2n) is 9.07. The predicted molar refractivity (Wildman–Crippen MR) is 139 cm³/mol. The van der Waals surface area contributed by atoms with Gasteiger partial charge in [-0.3, -0.25) is 4.79 Å². The predicted octanol–water partition coefficient (Wildman–Crippen LogP) is 5.06. The van der Waals surface area contributed by atoms with Gasteiger partial charge in [0.25, 0.3) is 0 Å². The molecule has 4 rings (SSSR count). The third kappa shape index (κ3) is 5.98. The fraction of sp³-hybridized carbons (Fsp3) is 0.276. The lowest BCUT2D eigenvalue weighted by molar-refractivity contribution is 0.104. The molecule has 33 heavy (non-hydrogen) atoms. The lowest BCUT2D eigenvalue weighted by atomic mass is 9.95. The average molecular weight is 440 g/mol. The molecule has 1 saturated heterocycles. The van der Waals surface area contributed by atoms with Gasteiger partial charge in [-0.05, 0) is 61.6 Å². The molecular weight excluding hydrogens is 406 g/mol. The van der Waals surface area contributed by atoms with Crippen molar-refractivity contribution < 1.29 is 4.79 Å². The topological polar surface area (TPSA) is 26.8 Å². The quantitative estimate of drug-likeness (QED) is 0.380. The Morgan fingerprint density at radius 1 is 0.909 bits per heavy atom. The van der Waals surface area contributed by atoms with Crippen LogP contribution in [0.1, 0.15) is 21.5 Å². The summed E-state index contributed by atoms with van der Waals surface area (Å²) in [6.45, 7) is 4.90. The third-order valence-electron chi connectivity index (χ3n) is 6.10. The molecule has 4 heteroatoms. The van der Waals surface area contributed by atoms with Gasteiger partial charge >= 0.3 is 0 Å². The van der Waals surface area contributed by atoms with Crippen molar-refractivity contribution in [3.63, 3.8) is 0 Å². The molecule has 1 aliphatic heterocycles. The lowest BCUT2D eigenvalue weighted by Crippen LogP contribution is -2.44. The molecule has 170 valence electrons. The summed E-state index contributed by atoms with van der Waals surface area (Å²) in [5, 5.41) is 0. The Bertz CT molecular complexity index is 1110. The van der Waals surface area contributed by atoms with E-state index in [4.69, 9.17) is 0 Å². The number of hydrogen-bond acceptors (Lipinski definition) is 4. The molecule has 1 fully saturated rings. The maximum absolute atomic E-state index is 13.4. The molecule has 0 aliphatic carbocycles. The minimum atomic E-state index is 0.0304. The summed E-state index contributed by atoms with van der Waals surface area (Å²) in [4.78, 5) is 20.3. The van der Waals surface area contributed by atoms with Crippen molar-refractivity contribution in [1.82, 2.24) is 9.80 Å². The maximum atomic E-state index is 13.4. The number of rotatable bonds is 7. The third-order valence-corrected chi connectivity index (χ3v) is 6.10. The van der Waals surface area contributed by atoms with Crippen LogP contribution in [0, 0.1) is 0 Å². The molecule has 0 N–H and O–H groups in total. The van der Waals surface area contributed by atoms with Gasteiger partial charge in [0.2, 0.25) is 0 Å². The van der Waals surface area contributed by atoms with Gasteiger partial charge in [0, 0.05) is 44.0 Å². The molecule has 1 heterocycles. The van der Waals surface area contributed by atoms with Crippen LogP contribution in [0.2, 0.25) is 0 Å². The number of carbonyl (C=O) groups is 1. The van der Waals surface area contributed by atoms with Crippen molar-refractivity contribution in [3.8, 4) is 11.1 Å². The number of nitrogens with zero attached hydrogens (tertiary/aromatic N) is 3. The number of allylic oxidation sites excluding steroid dienone is 1. The largest absolute Gasteiger partial charge is 0.369 e. The molecule has 0 atom stereocenters. The second-order valence-corrected chi connectivity index (χ2v) is 9.07. The number of carbonyl (C=O) groups excluding carboxylic acids is 1. The molecule has 0 saturated carbocycles. The Morgan fingerprint density at radius 2 is 1.67 bits per heavy atom. The lowest BCUT2D eigenvalue weighted by Gasteiger charge is -2.34. The van der Waals surface area contributed by atoms with E-state index in [1.165, 1.54) is 5.56 Å². The number of anilines is 1. The monoisotopic (exact) mass is 439 g/mol. The minimum absolute atomic E-state index is 0.0304. The zero-order valence-corrected chi connectivity index (χ0v) is 19.9. The highest BCUT2D eigenvalue weighted by Gasteiger charge is 2.18. The number of hydrogen-bond donors (Lipinski definition) is 0. The summed E-state index contributed by atoms with van der Waals surface area (Å²) in [5.74, 6) is 0.0304. The van der Waals surface area contributed by atoms with E-state index in [9.17, 15) is 4.79 Å². The second kappa shape index (κ2) is 10.6. The summed E-state index contributed by atoms with van der Waals surface area (Å²) in [7, 11) is 6.28. The SMILES string of the molecule is CN(C)Cc1cccc(/C=C/C(=O)c2cc(N3CCN(C)CC3)ccc2-c2ccccc2)c1. The van der Waals surface area contributed by atoms with E-state index in [2.05, 4.69) is 78.3 Å². The molecular formula is C29H33N3O. The number of benzene rings is 3. The van der Waals surface area contributed by atoms with E-state index >= 15 is 0 Å². The van der Waals surface area contributed by atoms with E-state index in [0.717, 1.165) is 60.7 Å². The molecule has 0 amide bonds. The first-order valence-electron chi connectivity index (χ1n) is 11.6. The van der Waals surface area contributed by atoms with Crippen LogP contribution in [0.4, 0.5) is 5.69 Å². The van der Waals surface area contributed by atoms with Gasteiger partial charge in [-0.2, -0.15) is 0 Å². The van der Waals surface area contributed by atoms with Crippen LogP contribution in [-0.4, -0.2) is 62.9 Å². The first-order chi connectivity index (χ1) is 16.0. The number of piperazine rings is 1.